The third kappa shape index (κ3) is 5.58. The van der Waals surface area contributed by atoms with Crippen LogP contribution in [0.3, 0.4) is 0 Å². The van der Waals surface area contributed by atoms with Crippen LogP contribution < -0.4 is 10.2 Å². The predicted molar refractivity (Wildman–Crippen MR) is 139 cm³/mol. The van der Waals surface area contributed by atoms with Gasteiger partial charge in [0, 0.05) is 58.7 Å². The molecule has 0 aromatic carbocycles. The zero-order valence-corrected chi connectivity index (χ0v) is 20.4. The zero-order valence-electron chi connectivity index (χ0n) is 20.4. The molecule has 0 amide bonds. The van der Waals surface area contributed by atoms with Crippen molar-refractivity contribution in [3.05, 3.63) is 54.1 Å². The number of alkyl halides is 1. The Kier molecular flexibility index (Phi) is 7.30. The van der Waals surface area contributed by atoms with E-state index in [1.54, 1.807) is 30.7 Å². The van der Waals surface area contributed by atoms with Crippen LogP contribution in [0.4, 0.5) is 21.8 Å². The fraction of sp³-hybridized carbons (Fsp3) is 0.423. The van der Waals surface area contributed by atoms with Gasteiger partial charge in [-0.05, 0) is 37.2 Å². The van der Waals surface area contributed by atoms with Gasteiger partial charge >= 0.3 is 0 Å². The SMILES string of the molecule is CCN1CCN(Cc2ccc(Nc3nccc(-c4cnc(N5CCC(F)C5)c(C#N)c4)n3)cn2)CC1.[HH]. The highest BCUT2D eigenvalue weighted by Crippen LogP contribution is 2.27. The lowest BCUT2D eigenvalue weighted by Gasteiger charge is -2.33. The van der Waals surface area contributed by atoms with Crippen LogP contribution in [0.25, 0.3) is 11.3 Å². The van der Waals surface area contributed by atoms with Crippen LogP contribution in [0.15, 0.2) is 42.9 Å². The van der Waals surface area contributed by atoms with E-state index in [-0.39, 0.29) is 7.97 Å². The summed E-state index contributed by atoms with van der Waals surface area (Å²) in [4.78, 5) is 24.7. The minimum Gasteiger partial charge on any atom is -0.352 e. The molecular weight excluding hydrogens is 457 g/mol. The first-order valence-corrected chi connectivity index (χ1v) is 12.4. The molecular formula is C26H32FN9. The number of hydrogen-bond acceptors (Lipinski definition) is 9. The Morgan fingerprint density at radius 1 is 1.08 bits per heavy atom. The molecule has 0 radical (unpaired) electrons. The molecule has 1 N–H and O–H groups in total. The van der Waals surface area contributed by atoms with Gasteiger partial charge in [0.25, 0.3) is 0 Å². The molecule has 10 heteroatoms. The highest BCUT2D eigenvalue weighted by atomic mass is 19.1. The van der Waals surface area contributed by atoms with Gasteiger partial charge in [-0.2, -0.15) is 5.26 Å². The van der Waals surface area contributed by atoms with Crippen molar-refractivity contribution in [2.24, 2.45) is 0 Å². The Labute approximate surface area is 212 Å². The Bertz CT molecular complexity index is 1230. The number of nitrogens with one attached hydrogen (secondary N) is 1. The van der Waals surface area contributed by atoms with Gasteiger partial charge in [-0.1, -0.05) is 6.92 Å². The Hall–Kier alpha value is -3.68. The molecule has 1 unspecified atom stereocenters. The van der Waals surface area contributed by atoms with E-state index in [0.717, 1.165) is 50.6 Å². The summed E-state index contributed by atoms with van der Waals surface area (Å²) >= 11 is 0. The van der Waals surface area contributed by atoms with E-state index < -0.39 is 6.17 Å². The van der Waals surface area contributed by atoms with Gasteiger partial charge in [-0.15, -0.1) is 0 Å². The summed E-state index contributed by atoms with van der Waals surface area (Å²) in [7, 11) is 0. The number of piperazine rings is 1. The largest absolute Gasteiger partial charge is 0.352 e. The van der Waals surface area contributed by atoms with Gasteiger partial charge < -0.3 is 15.1 Å². The maximum Gasteiger partial charge on any atom is 0.227 e. The fourth-order valence-corrected chi connectivity index (χ4v) is 4.64. The van der Waals surface area contributed by atoms with Crippen LogP contribution in [0.2, 0.25) is 0 Å². The summed E-state index contributed by atoms with van der Waals surface area (Å²) in [5, 5.41) is 12.9. The van der Waals surface area contributed by atoms with Crippen LogP contribution >= 0.6 is 0 Å². The van der Waals surface area contributed by atoms with E-state index in [1.807, 2.05) is 17.0 Å². The number of likely N-dealkylation sites (N-methyl/N-ethyl adjacent to an activating group) is 1. The lowest BCUT2D eigenvalue weighted by atomic mass is 10.1. The zero-order chi connectivity index (χ0) is 24.9. The average Bonchev–Trinajstić information content (AvgIpc) is 3.36. The number of halogens is 1. The molecule has 36 heavy (non-hydrogen) atoms. The maximum atomic E-state index is 13.6. The van der Waals surface area contributed by atoms with Gasteiger partial charge in [0.15, 0.2) is 0 Å². The van der Waals surface area contributed by atoms with E-state index in [1.165, 1.54) is 0 Å². The Morgan fingerprint density at radius 3 is 2.61 bits per heavy atom. The Balaban J connectivity index is 0.00000320. The second-order valence-corrected chi connectivity index (χ2v) is 9.18. The van der Waals surface area contributed by atoms with E-state index in [9.17, 15) is 9.65 Å². The van der Waals surface area contributed by atoms with E-state index in [2.05, 4.69) is 48.0 Å². The minimum atomic E-state index is -0.881. The summed E-state index contributed by atoms with van der Waals surface area (Å²) in [6, 6.07) is 9.73. The molecule has 5 heterocycles. The molecule has 2 aliphatic rings. The second kappa shape index (κ2) is 10.9. The Morgan fingerprint density at radius 2 is 1.92 bits per heavy atom. The van der Waals surface area contributed by atoms with Gasteiger partial charge in [-0.25, -0.2) is 19.3 Å². The molecule has 188 valence electrons. The predicted octanol–water partition coefficient (Wildman–Crippen LogP) is 3.48. The average molecular weight is 490 g/mol. The van der Waals surface area contributed by atoms with E-state index in [4.69, 9.17) is 0 Å². The molecule has 2 saturated heterocycles. The topological polar surface area (TPSA) is 97.1 Å². The van der Waals surface area contributed by atoms with Gasteiger partial charge in [0.2, 0.25) is 5.95 Å². The highest BCUT2D eigenvalue weighted by Gasteiger charge is 2.25. The number of anilines is 3. The highest BCUT2D eigenvalue weighted by molar-refractivity contribution is 5.67. The molecule has 0 aliphatic carbocycles. The summed E-state index contributed by atoms with van der Waals surface area (Å²) in [6.07, 6.45) is 4.71. The first kappa shape index (κ1) is 24.0. The normalized spacial score (nSPS) is 18.8. The van der Waals surface area contributed by atoms with Gasteiger partial charge in [0.05, 0.1) is 35.4 Å². The summed E-state index contributed by atoms with van der Waals surface area (Å²) < 4.78 is 13.6. The monoisotopic (exact) mass is 489 g/mol. The summed E-state index contributed by atoms with van der Waals surface area (Å²) in [6.45, 7) is 9.33. The number of nitrogens with zero attached hydrogens (tertiary/aromatic N) is 8. The van der Waals surface area contributed by atoms with Crippen molar-refractivity contribution in [1.29, 1.82) is 5.26 Å². The second-order valence-electron chi connectivity index (χ2n) is 9.18. The van der Waals surface area contributed by atoms with Gasteiger partial charge in [-0.3, -0.25) is 9.88 Å². The van der Waals surface area contributed by atoms with Crippen molar-refractivity contribution in [2.45, 2.75) is 26.1 Å². The molecule has 0 spiro atoms. The molecule has 1 atom stereocenters. The van der Waals surface area contributed by atoms with Crippen LogP contribution in [0, 0.1) is 11.3 Å². The van der Waals surface area contributed by atoms with Crippen molar-refractivity contribution in [3.8, 4) is 17.3 Å². The first-order chi connectivity index (χ1) is 17.6. The number of aromatic nitrogens is 4. The third-order valence-corrected chi connectivity index (χ3v) is 6.75. The molecule has 3 aromatic heterocycles. The summed E-state index contributed by atoms with van der Waals surface area (Å²) in [5.74, 6) is 0.951. The van der Waals surface area contributed by atoms with Crippen molar-refractivity contribution < 1.29 is 5.82 Å². The number of nitriles is 1. The first-order valence-electron chi connectivity index (χ1n) is 12.4. The summed E-state index contributed by atoms with van der Waals surface area (Å²) in [5.41, 5.74) is 3.59. The molecule has 2 fully saturated rings. The number of rotatable bonds is 7. The third-order valence-electron chi connectivity index (χ3n) is 6.75. The molecule has 0 bridgehead atoms. The molecule has 2 aliphatic heterocycles. The quantitative estimate of drug-likeness (QED) is 0.535. The fourth-order valence-electron chi connectivity index (χ4n) is 4.64. The molecule has 0 saturated carbocycles. The van der Waals surface area contributed by atoms with Crippen molar-refractivity contribution >= 4 is 17.5 Å². The molecule has 3 aromatic rings. The van der Waals surface area contributed by atoms with Gasteiger partial charge in [0.1, 0.15) is 18.1 Å². The van der Waals surface area contributed by atoms with Crippen molar-refractivity contribution in [3.63, 3.8) is 0 Å². The number of pyridine rings is 2. The smallest absolute Gasteiger partial charge is 0.227 e. The lowest BCUT2D eigenvalue weighted by molar-refractivity contribution is 0.131. The van der Waals surface area contributed by atoms with Crippen LogP contribution in [-0.2, 0) is 6.54 Å². The van der Waals surface area contributed by atoms with Crippen LogP contribution in [0.1, 0.15) is 26.0 Å². The minimum absolute atomic E-state index is 0. The molecule has 9 nitrogen and oxygen atoms in total. The van der Waals surface area contributed by atoms with Crippen LogP contribution in [-0.4, -0.2) is 81.7 Å². The van der Waals surface area contributed by atoms with Crippen molar-refractivity contribution in [1.82, 2.24) is 29.7 Å². The van der Waals surface area contributed by atoms with Crippen LogP contribution in [0.5, 0.6) is 0 Å². The van der Waals surface area contributed by atoms with Crippen molar-refractivity contribution in [2.75, 3.05) is 56.0 Å². The lowest BCUT2D eigenvalue weighted by Crippen LogP contribution is -2.45. The maximum absolute atomic E-state index is 13.6. The standard InChI is InChI=1S/C26H30FN9.H2/c1-2-34-9-11-35(12-10-34)18-23-4-3-22(16-30-23)32-26-29-7-5-24(33-26)20-13-19(14-28)25(31-15-20)36-8-6-21(27)17-36;/h3-5,7,13,15-16,21H,2,6,8-12,17-18H2,1H3,(H,29,32,33);1H. The van der Waals surface area contributed by atoms with E-state index in [0.29, 0.717) is 41.6 Å². The molecule has 5 rings (SSSR count). The van der Waals surface area contributed by atoms with E-state index >= 15 is 0 Å². The number of hydrogen-bond donors (Lipinski definition) is 1.